The summed E-state index contributed by atoms with van der Waals surface area (Å²) in [6.07, 6.45) is 4.16. The van der Waals surface area contributed by atoms with Crippen molar-refractivity contribution in [1.29, 1.82) is 0 Å². The predicted molar refractivity (Wildman–Crippen MR) is 71.5 cm³/mol. The van der Waals surface area contributed by atoms with Crippen molar-refractivity contribution in [2.24, 2.45) is 7.05 Å². The van der Waals surface area contributed by atoms with Crippen LogP contribution in [-0.4, -0.2) is 15.7 Å². The summed E-state index contributed by atoms with van der Waals surface area (Å²) in [7, 11) is 1.78. The van der Waals surface area contributed by atoms with Crippen LogP contribution in [0.3, 0.4) is 0 Å². The molecule has 0 saturated heterocycles. The molecule has 0 aliphatic rings. The van der Waals surface area contributed by atoms with Crippen LogP contribution in [0.1, 0.15) is 12.0 Å². The molecular weight excluding hydrogens is 288 g/mol. The smallest absolute Gasteiger partial charge is 0.224 e. The second-order valence-corrected chi connectivity index (χ2v) is 4.72. The Hall–Kier alpha value is -1.95. The van der Waals surface area contributed by atoms with Gasteiger partial charge >= 0.3 is 0 Å². The molecular formula is C13H12ClF2N3O. The van der Waals surface area contributed by atoms with E-state index in [1.807, 2.05) is 0 Å². The fourth-order valence-corrected chi connectivity index (χ4v) is 1.89. The van der Waals surface area contributed by atoms with Gasteiger partial charge in [-0.1, -0.05) is 11.6 Å². The van der Waals surface area contributed by atoms with Crippen molar-refractivity contribution in [1.82, 2.24) is 9.78 Å². The number of hydrogen-bond acceptors (Lipinski definition) is 2. The van der Waals surface area contributed by atoms with E-state index in [1.165, 1.54) is 0 Å². The predicted octanol–water partition coefficient (Wildman–Crippen LogP) is 2.92. The van der Waals surface area contributed by atoms with Crippen LogP contribution in [0, 0.1) is 11.6 Å². The number of aromatic nitrogens is 2. The molecule has 1 heterocycles. The van der Waals surface area contributed by atoms with Gasteiger partial charge in [0.2, 0.25) is 5.91 Å². The molecule has 0 aliphatic carbocycles. The maximum absolute atomic E-state index is 13.1. The lowest BCUT2D eigenvalue weighted by Crippen LogP contribution is -2.13. The maximum Gasteiger partial charge on any atom is 0.224 e. The molecule has 0 fully saturated rings. The Bertz CT molecular complexity index is 643. The van der Waals surface area contributed by atoms with Gasteiger partial charge in [0.1, 0.15) is 0 Å². The van der Waals surface area contributed by atoms with E-state index in [9.17, 15) is 13.6 Å². The Morgan fingerprint density at radius 1 is 1.40 bits per heavy atom. The first-order valence-corrected chi connectivity index (χ1v) is 6.25. The molecule has 20 heavy (non-hydrogen) atoms. The minimum atomic E-state index is -1.06. The molecule has 0 atom stereocenters. The summed E-state index contributed by atoms with van der Waals surface area (Å²) in [6.45, 7) is 0. The zero-order valence-corrected chi connectivity index (χ0v) is 11.4. The van der Waals surface area contributed by atoms with Crippen LogP contribution in [0.5, 0.6) is 0 Å². The van der Waals surface area contributed by atoms with Crippen molar-refractivity contribution < 1.29 is 13.6 Å². The van der Waals surface area contributed by atoms with Gasteiger partial charge in [-0.15, -0.1) is 0 Å². The van der Waals surface area contributed by atoms with E-state index in [4.69, 9.17) is 11.6 Å². The van der Waals surface area contributed by atoms with Gasteiger partial charge in [-0.05, 0) is 18.1 Å². The highest BCUT2D eigenvalue weighted by atomic mass is 35.5. The second kappa shape index (κ2) is 6.00. The third-order valence-corrected chi connectivity index (χ3v) is 3.00. The summed E-state index contributed by atoms with van der Waals surface area (Å²) in [5, 5.41) is 6.39. The zero-order chi connectivity index (χ0) is 14.7. The Morgan fingerprint density at radius 3 is 2.75 bits per heavy atom. The van der Waals surface area contributed by atoms with Crippen molar-refractivity contribution in [2.75, 3.05) is 5.32 Å². The molecule has 1 amide bonds. The van der Waals surface area contributed by atoms with Crippen LogP contribution < -0.4 is 5.32 Å². The minimum absolute atomic E-state index is 0.0429. The van der Waals surface area contributed by atoms with E-state index in [0.717, 1.165) is 17.7 Å². The van der Waals surface area contributed by atoms with Crippen LogP contribution in [0.15, 0.2) is 24.5 Å². The molecule has 4 nitrogen and oxygen atoms in total. The van der Waals surface area contributed by atoms with Crippen LogP contribution in [0.4, 0.5) is 14.5 Å². The van der Waals surface area contributed by atoms with Crippen molar-refractivity contribution in [3.63, 3.8) is 0 Å². The molecule has 106 valence electrons. The molecule has 0 spiro atoms. The first-order chi connectivity index (χ1) is 9.45. The number of carbonyl (C=O) groups is 1. The first-order valence-electron chi connectivity index (χ1n) is 5.87. The molecule has 7 heteroatoms. The van der Waals surface area contributed by atoms with Gasteiger partial charge in [0.05, 0.1) is 16.9 Å². The largest absolute Gasteiger partial charge is 0.325 e. The lowest BCUT2D eigenvalue weighted by Gasteiger charge is -2.07. The van der Waals surface area contributed by atoms with Gasteiger partial charge < -0.3 is 5.32 Å². The van der Waals surface area contributed by atoms with Crippen molar-refractivity contribution in [3.8, 4) is 0 Å². The SMILES string of the molecule is Cn1cc(CCC(=O)Nc2cc(F)c(F)cc2Cl)cn1. The minimum Gasteiger partial charge on any atom is -0.325 e. The van der Waals surface area contributed by atoms with Gasteiger partial charge in [0.15, 0.2) is 11.6 Å². The third kappa shape index (κ3) is 3.54. The summed E-state index contributed by atoms with van der Waals surface area (Å²) in [5.74, 6) is -2.44. The average Bonchev–Trinajstić information content (AvgIpc) is 2.79. The maximum atomic E-state index is 13.1. The van der Waals surface area contributed by atoms with Gasteiger partial charge in [-0.2, -0.15) is 5.10 Å². The number of amides is 1. The summed E-state index contributed by atoms with van der Waals surface area (Å²) < 4.78 is 27.6. The van der Waals surface area contributed by atoms with Gasteiger partial charge in [0.25, 0.3) is 0 Å². The summed E-state index contributed by atoms with van der Waals surface area (Å²) >= 11 is 5.73. The first kappa shape index (κ1) is 14.5. The molecule has 0 aliphatic heterocycles. The molecule has 0 saturated carbocycles. The average molecular weight is 300 g/mol. The summed E-state index contributed by atoms with van der Waals surface area (Å²) in [5.41, 5.74) is 0.973. The Labute approximate surface area is 119 Å². The third-order valence-electron chi connectivity index (χ3n) is 2.68. The molecule has 1 aromatic carbocycles. The molecule has 0 radical (unpaired) electrons. The standard InChI is InChI=1S/C13H12ClF2N3O/c1-19-7-8(6-17-19)2-3-13(20)18-12-5-11(16)10(15)4-9(12)14/h4-7H,2-3H2,1H3,(H,18,20). The van der Waals surface area contributed by atoms with Crippen LogP contribution >= 0.6 is 11.6 Å². The Balaban J connectivity index is 1.96. The second-order valence-electron chi connectivity index (χ2n) is 4.32. The topological polar surface area (TPSA) is 46.9 Å². The monoisotopic (exact) mass is 299 g/mol. The number of hydrogen-bond donors (Lipinski definition) is 1. The van der Waals surface area contributed by atoms with E-state index >= 15 is 0 Å². The normalized spacial score (nSPS) is 10.6. The van der Waals surface area contributed by atoms with Crippen molar-refractivity contribution in [3.05, 3.63) is 46.7 Å². The molecule has 1 aromatic heterocycles. The molecule has 2 aromatic rings. The van der Waals surface area contributed by atoms with E-state index < -0.39 is 11.6 Å². The fraction of sp³-hybridized carbons (Fsp3) is 0.231. The number of nitrogens with one attached hydrogen (secondary N) is 1. The zero-order valence-electron chi connectivity index (χ0n) is 10.7. The number of aryl methyl sites for hydroxylation is 2. The van der Waals surface area contributed by atoms with Crippen molar-refractivity contribution >= 4 is 23.2 Å². The number of anilines is 1. The highest BCUT2D eigenvalue weighted by Gasteiger charge is 2.11. The Morgan fingerprint density at radius 2 is 2.10 bits per heavy atom. The summed E-state index contributed by atoms with van der Waals surface area (Å²) in [4.78, 5) is 11.7. The molecule has 1 N–H and O–H groups in total. The highest BCUT2D eigenvalue weighted by molar-refractivity contribution is 6.33. The summed E-state index contributed by atoms with van der Waals surface area (Å²) in [6, 6.07) is 1.69. The van der Waals surface area contributed by atoms with E-state index in [1.54, 1.807) is 24.1 Å². The van der Waals surface area contributed by atoms with E-state index in [-0.39, 0.29) is 23.0 Å². The number of benzene rings is 1. The molecule has 0 unspecified atom stereocenters. The number of halogens is 3. The van der Waals surface area contributed by atoms with Gasteiger partial charge in [0, 0.05) is 25.7 Å². The number of nitrogens with zero attached hydrogens (tertiary/aromatic N) is 2. The van der Waals surface area contributed by atoms with E-state index in [0.29, 0.717) is 6.42 Å². The lowest BCUT2D eigenvalue weighted by atomic mass is 10.2. The molecule has 0 bridgehead atoms. The van der Waals surface area contributed by atoms with Crippen LogP contribution in [0.25, 0.3) is 0 Å². The van der Waals surface area contributed by atoms with Gasteiger partial charge in [-0.3, -0.25) is 9.48 Å². The lowest BCUT2D eigenvalue weighted by molar-refractivity contribution is -0.116. The highest BCUT2D eigenvalue weighted by Crippen LogP contribution is 2.24. The fourth-order valence-electron chi connectivity index (χ4n) is 1.69. The van der Waals surface area contributed by atoms with Crippen molar-refractivity contribution in [2.45, 2.75) is 12.8 Å². The Kier molecular flexibility index (Phi) is 4.34. The quantitative estimate of drug-likeness (QED) is 0.882. The number of rotatable bonds is 4. The van der Waals surface area contributed by atoms with Gasteiger partial charge in [-0.25, -0.2) is 8.78 Å². The van der Waals surface area contributed by atoms with E-state index in [2.05, 4.69) is 10.4 Å². The van der Waals surface area contributed by atoms with Crippen LogP contribution in [-0.2, 0) is 18.3 Å². The molecule has 2 rings (SSSR count). The number of carbonyl (C=O) groups excluding carboxylic acids is 1. The van der Waals surface area contributed by atoms with Crippen LogP contribution in [0.2, 0.25) is 5.02 Å².